The molecular weight excluding hydrogens is 432 g/mol. The number of carboxylic acid groups (broad SMARTS) is 1. The van der Waals surface area contributed by atoms with Crippen LogP contribution in [-0.2, 0) is 30.9 Å². The van der Waals surface area contributed by atoms with Gasteiger partial charge < -0.3 is 9.84 Å². The third kappa shape index (κ3) is 11.2. The number of hydrogen-bond donors (Lipinski definition) is 1. The molecule has 1 fully saturated rings. The Morgan fingerprint density at radius 3 is 1.82 bits per heavy atom. The number of carboxylic acids is 1. The lowest BCUT2D eigenvalue weighted by molar-refractivity contribution is -0.300. The number of aliphatic carboxylic acids is 1. The molecule has 1 aliphatic heterocycles. The number of hydrogen-bond acceptors (Lipinski definition) is 10. The van der Waals surface area contributed by atoms with Crippen LogP contribution in [0.1, 0.15) is 5.56 Å². The Morgan fingerprint density at radius 2 is 1.33 bits per heavy atom. The molecule has 0 bridgehead atoms. The minimum absolute atomic E-state index is 0.000220. The van der Waals surface area contributed by atoms with Crippen LogP contribution in [0.4, 0.5) is 0 Å². The van der Waals surface area contributed by atoms with E-state index >= 15 is 0 Å². The first kappa shape index (κ1) is 27.4. The first-order chi connectivity index (χ1) is 16.0. The molecule has 33 heavy (non-hydrogen) atoms. The minimum Gasteiger partial charge on any atom is -0.497 e. The number of methoxy groups -OCH3 is 1. The van der Waals surface area contributed by atoms with Gasteiger partial charge in [0.1, 0.15) is 19.2 Å². The van der Waals surface area contributed by atoms with Crippen LogP contribution in [0.2, 0.25) is 0 Å². The number of rotatable bonds is 11. The lowest BCUT2D eigenvalue weighted by atomic mass is 10.2. The van der Waals surface area contributed by atoms with Crippen LogP contribution in [0.3, 0.4) is 0 Å². The van der Waals surface area contributed by atoms with E-state index in [2.05, 4.69) is 20.8 Å². The van der Waals surface area contributed by atoms with Gasteiger partial charge in [0.25, 0.3) is 0 Å². The highest BCUT2D eigenvalue weighted by Crippen LogP contribution is 2.14. The van der Waals surface area contributed by atoms with Crippen LogP contribution in [0, 0.1) is 0 Å². The minimum atomic E-state index is -0.830. The van der Waals surface area contributed by atoms with Crippen molar-refractivity contribution in [3.05, 3.63) is 29.8 Å². The Labute approximate surface area is 196 Å². The van der Waals surface area contributed by atoms with E-state index in [1.54, 1.807) is 7.11 Å². The van der Waals surface area contributed by atoms with E-state index < -0.39 is 5.97 Å². The van der Waals surface area contributed by atoms with Gasteiger partial charge in [0.2, 0.25) is 0 Å². The quantitative estimate of drug-likeness (QED) is 0.363. The van der Waals surface area contributed by atoms with Gasteiger partial charge in [-0.1, -0.05) is 12.1 Å². The van der Waals surface area contributed by atoms with E-state index in [-0.39, 0.29) is 6.54 Å². The Bertz CT molecular complexity index is 682. The first-order valence-electron chi connectivity index (χ1n) is 11.1. The van der Waals surface area contributed by atoms with E-state index in [1.165, 1.54) is 14.2 Å². The molecule has 188 valence electrons. The summed E-state index contributed by atoms with van der Waals surface area (Å²) in [6, 6.07) is 8.02. The summed E-state index contributed by atoms with van der Waals surface area (Å²) in [6.45, 7) is 7.06. The smallest absolute Gasteiger partial charge is 0.317 e. The number of carbonyl (C=O) groups is 1. The van der Waals surface area contributed by atoms with E-state index in [0.29, 0.717) is 39.6 Å². The molecule has 1 aromatic carbocycles. The van der Waals surface area contributed by atoms with Crippen molar-refractivity contribution >= 4 is 5.97 Å². The molecule has 0 aliphatic carbocycles. The molecule has 0 atom stereocenters. The zero-order valence-corrected chi connectivity index (χ0v) is 20.0. The van der Waals surface area contributed by atoms with Gasteiger partial charge in [-0.25, -0.2) is 19.6 Å². The van der Waals surface area contributed by atoms with Crippen molar-refractivity contribution in [3.63, 3.8) is 0 Å². The summed E-state index contributed by atoms with van der Waals surface area (Å²) >= 11 is 0. The molecule has 1 N–H and O–H groups in total. The Kier molecular flexibility index (Phi) is 13.2. The number of nitrogens with zero attached hydrogens (tertiary/aromatic N) is 4. The van der Waals surface area contributed by atoms with Crippen LogP contribution >= 0.6 is 0 Å². The molecule has 0 radical (unpaired) electrons. The van der Waals surface area contributed by atoms with Crippen molar-refractivity contribution in [1.82, 2.24) is 19.6 Å². The van der Waals surface area contributed by atoms with Crippen LogP contribution in [0.25, 0.3) is 0 Å². The van der Waals surface area contributed by atoms with E-state index in [0.717, 1.165) is 44.0 Å². The van der Waals surface area contributed by atoms with Gasteiger partial charge in [-0.15, -0.1) is 0 Å². The lowest BCUT2D eigenvalue weighted by Gasteiger charge is -2.33. The Balaban J connectivity index is 2.12. The number of benzene rings is 1. The lowest BCUT2D eigenvalue weighted by Crippen LogP contribution is -2.47. The van der Waals surface area contributed by atoms with Crippen LogP contribution in [0.5, 0.6) is 5.75 Å². The van der Waals surface area contributed by atoms with Crippen molar-refractivity contribution in [2.75, 3.05) is 93.7 Å². The molecule has 2 rings (SSSR count). The average Bonchev–Trinajstić information content (AvgIpc) is 2.81. The van der Waals surface area contributed by atoms with E-state index in [4.69, 9.17) is 24.3 Å². The fourth-order valence-corrected chi connectivity index (χ4v) is 3.63. The van der Waals surface area contributed by atoms with Gasteiger partial charge in [-0.05, 0) is 17.7 Å². The molecule has 0 spiro atoms. The molecule has 1 aliphatic rings. The topological polar surface area (TPSA) is 96.4 Å². The van der Waals surface area contributed by atoms with Crippen LogP contribution in [0.15, 0.2) is 24.3 Å². The molecule has 0 saturated carbocycles. The zero-order chi connectivity index (χ0) is 23.9. The van der Waals surface area contributed by atoms with Gasteiger partial charge >= 0.3 is 5.97 Å². The van der Waals surface area contributed by atoms with Crippen molar-refractivity contribution in [2.24, 2.45) is 0 Å². The van der Waals surface area contributed by atoms with Gasteiger partial charge in [-0.3, -0.25) is 24.4 Å². The Hall–Kier alpha value is -1.83. The molecule has 11 nitrogen and oxygen atoms in total. The fourth-order valence-electron chi connectivity index (χ4n) is 3.63. The number of ether oxygens (including phenoxy) is 1. The van der Waals surface area contributed by atoms with Gasteiger partial charge in [-0.2, -0.15) is 0 Å². The van der Waals surface area contributed by atoms with Crippen molar-refractivity contribution in [3.8, 4) is 5.75 Å². The van der Waals surface area contributed by atoms with Crippen LogP contribution in [-0.4, -0.2) is 124 Å². The zero-order valence-electron chi connectivity index (χ0n) is 20.0. The van der Waals surface area contributed by atoms with E-state index in [9.17, 15) is 9.90 Å². The molecule has 1 heterocycles. The summed E-state index contributed by atoms with van der Waals surface area (Å²) in [5.41, 5.74) is 1.15. The standard InChI is InChI=1S/C22H38N4O7/c1-29-21-6-4-5-20(15-21)16-23-7-8-24(17-22(27)28)10-12-26(19-33-31-3)14-13-25(11-9-23)18-32-30-2/h4-6,15H,7-14,16-19H2,1-3H3,(H,27,28). The molecule has 0 aromatic heterocycles. The molecule has 11 heteroatoms. The summed E-state index contributed by atoms with van der Waals surface area (Å²) in [4.78, 5) is 39.9. The maximum absolute atomic E-state index is 11.4. The summed E-state index contributed by atoms with van der Waals surface area (Å²) in [5, 5.41) is 9.38. The Morgan fingerprint density at radius 1 is 0.818 bits per heavy atom. The SMILES string of the molecule is COOCN1CCN(COOC)CCN(Cc2cccc(OC)c2)CCN(CC(=O)O)CC1. The predicted molar refractivity (Wildman–Crippen MR) is 121 cm³/mol. The second-order valence-corrected chi connectivity index (χ2v) is 7.86. The van der Waals surface area contributed by atoms with Gasteiger partial charge in [0.05, 0.1) is 27.9 Å². The maximum Gasteiger partial charge on any atom is 0.317 e. The predicted octanol–water partition coefficient (Wildman–Crippen LogP) is 0.572. The second kappa shape index (κ2) is 15.9. The average molecular weight is 471 g/mol. The van der Waals surface area contributed by atoms with Crippen molar-refractivity contribution in [2.45, 2.75) is 6.54 Å². The first-order valence-corrected chi connectivity index (χ1v) is 11.1. The molecule has 1 aromatic rings. The highest BCUT2D eigenvalue weighted by atomic mass is 17.2. The van der Waals surface area contributed by atoms with Crippen molar-refractivity contribution in [1.29, 1.82) is 0 Å². The third-order valence-electron chi connectivity index (χ3n) is 5.54. The molecule has 1 saturated heterocycles. The highest BCUT2D eigenvalue weighted by Gasteiger charge is 2.18. The monoisotopic (exact) mass is 470 g/mol. The molecule has 0 amide bonds. The summed E-state index contributed by atoms with van der Waals surface area (Å²) in [7, 11) is 4.64. The summed E-state index contributed by atoms with van der Waals surface area (Å²) < 4.78 is 5.36. The summed E-state index contributed by atoms with van der Waals surface area (Å²) in [5.74, 6) is -0.00753. The summed E-state index contributed by atoms with van der Waals surface area (Å²) in [6.07, 6.45) is 0. The van der Waals surface area contributed by atoms with Crippen molar-refractivity contribution < 1.29 is 34.2 Å². The fraction of sp³-hybridized carbons (Fsp3) is 0.682. The van der Waals surface area contributed by atoms with Gasteiger partial charge in [0.15, 0.2) is 0 Å². The molecular formula is C22H38N4O7. The van der Waals surface area contributed by atoms with Crippen LogP contribution < -0.4 is 4.74 Å². The molecule has 0 unspecified atom stereocenters. The normalized spacial score (nSPS) is 18.5. The highest BCUT2D eigenvalue weighted by molar-refractivity contribution is 5.69. The third-order valence-corrected chi connectivity index (χ3v) is 5.54. The van der Waals surface area contributed by atoms with E-state index in [1.807, 2.05) is 23.1 Å². The second-order valence-electron chi connectivity index (χ2n) is 7.86. The largest absolute Gasteiger partial charge is 0.497 e. The van der Waals surface area contributed by atoms with Gasteiger partial charge in [0, 0.05) is 58.9 Å². The maximum atomic E-state index is 11.4.